The molecule has 1 heterocycles. The van der Waals surface area contributed by atoms with E-state index in [4.69, 9.17) is 0 Å². The number of halogens is 3. The van der Waals surface area contributed by atoms with Gasteiger partial charge in [-0.3, -0.25) is 4.79 Å². The summed E-state index contributed by atoms with van der Waals surface area (Å²) in [6, 6.07) is 0. The summed E-state index contributed by atoms with van der Waals surface area (Å²) in [4.78, 5) is 16.2. The summed E-state index contributed by atoms with van der Waals surface area (Å²) in [5.74, 6) is -0.354. The number of aromatic nitrogens is 1. The molecule has 0 aliphatic carbocycles. The topological polar surface area (TPSA) is 33.2 Å². The van der Waals surface area contributed by atoms with Gasteiger partial charge in [0.25, 0.3) is 0 Å². The van der Waals surface area contributed by atoms with Crippen molar-refractivity contribution in [2.75, 3.05) is 20.6 Å². The molecule has 0 atom stereocenters. The number of ketones is 1. The number of likely N-dealkylation sites (N-methyl/N-ethyl adjacent to an activating group) is 1. The molecule has 0 unspecified atom stereocenters. The Bertz CT molecular complexity index is 359. The third-order valence-corrected chi connectivity index (χ3v) is 2.57. The summed E-state index contributed by atoms with van der Waals surface area (Å²) in [7, 11) is 3.34. The third kappa shape index (κ3) is 3.28. The van der Waals surface area contributed by atoms with Crippen molar-refractivity contribution in [2.45, 2.75) is 6.18 Å². The molecular formula is C8H9F3N2OS. The molecule has 0 aliphatic heterocycles. The average Bonchev–Trinajstić information content (AvgIpc) is 2.48. The fraction of sp³-hybridized carbons (Fsp3) is 0.500. The summed E-state index contributed by atoms with van der Waals surface area (Å²) in [6.45, 7) is 0.0828. The van der Waals surface area contributed by atoms with Crippen molar-refractivity contribution in [3.8, 4) is 0 Å². The lowest BCUT2D eigenvalue weighted by Crippen LogP contribution is -2.20. The molecule has 0 aliphatic rings. The van der Waals surface area contributed by atoms with Crippen LogP contribution in [0.4, 0.5) is 13.2 Å². The van der Waals surface area contributed by atoms with E-state index in [1.807, 2.05) is 0 Å². The number of rotatable bonds is 3. The summed E-state index contributed by atoms with van der Waals surface area (Å²) in [5, 5.41) is -0.982. The maximum Gasteiger partial charge on any atom is 0.443 e. The Balaban J connectivity index is 2.81. The van der Waals surface area contributed by atoms with Crippen molar-refractivity contribution in [2.24, 2.45) is 0 Å². The monoisotopic (exact) mass is 238 g/mol. The molecule has 0 spiro atoms. The highest BCUT2D eigenvalue weighted by atomic mass is 32.1. The van der Waals surface area contributed by atoms with Crippen LogP contribution in [0.3, 0.4) is 0 Å². The van der Waals surface area contributed by atoms with Crippen LogP contribution in [0.5, 0.6) is 0 Å². The number of alkyl halides is 3. The van der Waals surface area contributed by atoms with Crippen LogP contribution in [0.2, 0.25) is 0 Å². The van der Waals surface area contributed by atoms with E-state index < -0.39 is 11.2 Å². The van der Waals surface area contributed by atoms with Crippen molar-refractivity contribution in [3.05, 3.63) is 16.1 Å². The van der Waals surface area contributed by atoms with Gasteiger partial charge in [0.05, 0.1) is 11.4 Å². The number of nitrogens with zero attached hydrogens (tertiary/aromatic N) is 2. The number of carbonyl (C=O) groups is 1. The van der Waals surface area contributed by atoms with E-state index in [2.05, 4.69) is 4.98 Å². The van der Waals surface area contributed by atoms with Crippen LogP contribution in [0.1, 0.15) is 14.7 Å². The molecule has 0 amide bonds. The lowest BCUT2D eigenvalue weighted by atomic mass is 10.3. The molecular weight excluding hydrogens is 229 g/mol. The summed E-state index contributed by atoms with van der Waals surface area (Å²) in [5.41, 5.74) is 0. The number of carbonyl (C=O) groups excluding carboxylic acids is 1. The highest BCUT2D eigenvalue weighted by Gasteiger charge is 2.35. The predicted octanol–water partition coefficient (Wildman–Crippen LogP) is 1.91. The second-order valence-corrected chi connectivity index (χ2v) is 4.22. The van der Waals surface area contributed by atoms with Gasteiger partial charge in [-0.2, -0.15) is 13.2 Å². The molecule has 1 aromatic heterocycles. The van der Waals surface area contributed by atoms with Crippen molar-refractivity contribution in [3.63, 3.8) is 0 Å². The van der Waals surface area contributed by atoms with Crippen molar-refractivity contribution in [1.82, 2.24) is 9.88 Å². The predicted molar refractivity (Wildman–Crippen MR) is 50.0 cm³/mol. The van der Waals surface area contributed by atoms with Gasteiger partial charge in [0, 0.05) is 6.20 Å². The minimum atomic E-state index is -4.47. The van der Waals surface area contributed by atoms with Crippen LogP contribution in [0, 0.1) is 0 Å². The summed E-state index contributed by atoms with van der Waals surface area (Å²) < 4.78 is 36.5. The summed E-state index contributed by atoms with van der Waals surface area (Å²) in [6.07, 6.45) is -3.50. The maximum absolute atomic E-state index is 12.2. The Morgan fingerprint density at radius 2 is 2.13 bits per heavy atom. The van der Waals surface area contributed by atoms with Gasteiger partial charge in [0.2, 0.25) is 0 Å². The number of hydrogen-bond donors (Lipinski definition) is 0. The number of Topliss-reactive ketones (excluding diaryl/α,β-unsaturated/α-hetero) is 1. The van der Waals surface area contributed by atoms with Crippen molar-refractivity contribution in [1.29, 1.82) is 0 Å². The van der Waals surface area contributed by atoms with Crippen LogP contribution in [0.15, 0.2) is 6.20 Å². The van der Waals surface area contributed by atoms with E-state index in [1.165, 1.54) is 0 Å². The second-order valence-electron chi connectivity index (χ2n) is 3.19. The first-order valence-corrected chi connectivity index (χ1v) is 4.83. The van der Waals surface area contributed by atoms with E-state index in [1.54, 1.807) is 19.0 Å². The van der Waals surface area contributed by atoms with Crippen LogP contribution in [0.25, 0.3) is 0 Å². The average molecular weight is 238 g/mol. The SMILES string of the molecule is CN(C)CC(=O)c1cnc(C(F)(F)F)s1. The Morgan fingerprint density at radius 1 is 1.53 bits per heavy atom. The molecule has 0 aromatic carbocycles. The van der Waals surface area contributed by atoms with E-state index in [-0.39, 0.29) is 17.2 Å². The van der Waals surface area contributed by atoms with Gasteiger partial charge in [-0.05, 0) is 14.1 Å². The Morgan fingerprint density at radius 3 is 2.53 bits per heavy atom. The number of hydrogen-bond acceptors (Lipinski definition) is 4. The van der Waals surface area contributed by atoms with Gasteiger partial charge >= 0.3 is 6.18 Å². The van der Waals surface area contributed by atoms with Gasteiger partial charge in [-0.25, -0.2) is 4.98 Å². The molecule has 0 saturated heterocycles. The molecule has 7 heteroatoms. The van der Waals surface area contributed by atoms with Crippen LogP contribution in [-0.2, 0) is 6.18 Å². The zero-order valence-corrected chi connectivity index (χ0v) is 8.95. The first-order chi connectivity index (χ1) is 6.80. The molecule has 1 rings (SSSR count). The quantitative estimate of drug-likeness (QED) is 0.754. The fourth-order valence-corrected chi connectivity index (χ4v) is 1.61. The first-order valence-electron chi connectivity index (χ1n) is 4.01. The summed E-state index contributed by atoms with van der Waals surface area (Å²) >= 11 is 0.378. The maximum atomic E-state index is 12.2. The minimum Gasteiger partial charge on any atom is -0.302 e. The van der Waals surface area contributed by atoms with Gasteiger partial charge < -0.3 is 4.90 Å². The van der Waals surface area contributed by atoms with Gasteiger partial charge in [-0.1, -0.05) is 0 Å². The fourth-order valence-electron chi connectivity index (χ4n) is 0.899. The molecule has 84 valence electrons. The van der Waals surface area contributed by atoms with E-state index in [0.717, 1.165) is 6.20 Å². The lowest BCUT2D eigenvalue weighted by molar-refractivity contribution is -0.137. The molecule has 0 radical (unpaired) electrons. The molecule has 15 heavy (non-hydrogen) atoms. The Hall–Kier alpha value is -0.950. The van der Waals surface area contributed by atoms with E-state index in [0.29, 0.717) is 11.3 Å². The smallest absolute Gasteiger partial charge is 0.302 e. The zero-order chi connectivity index (χ0) is 11.6. The molecule has 3 nitrogen and oxygen atoms in total. The van der Waals surface area contributed by atoms with Gasteiger partial charge in [0.1, 0.15) is 0 Å². The van der Waals surface area contributed by atoms with Gasteiger partial charge in [-0.15, -0.1) is 11.3 Å². The molecule has 0 N–H and O–H groups in total. The van der Waals surface area contributed by atoms with E-state index in [9.17, 15) is 18.0 Å². The zero-order valence-electron chi connectivity index (χ0n) is 8.13. The standard InChI is InChI=1S/C8H9F3N2OS/c1-13(2)4-5(14)6-3-12-7(15-6)8(9,10)11/h3H,4H2,1-2H3. The lowest BCUT2D eigenvalue weighted by Gasteiger charge is -2.05. The molecule has 1 aromatic rings. The van der Waals surface area contributed by atoms with E-state index >= 15 is 0 Å². The Labute approximate surface area is 88.5 Å². The Kier molecular flexibility index (Phi) is 3.46. The van der Waals surface area contributed by atoms with Crippen LogP contribution < -0.4 is 0 Å². The third-order valence-electron chi connectivity index (χ3n) is 1.48. The minimum absolute atomic E-state index is 0.0380. The highest BCUT2D eigenvalue weighted by Crippen LogP contribution is 2.32. The molecule has 0 saturated carbocycles. The molecule has 0 fully saturated rings. The first kappa shape index (κ1) is 12.1. The van der Waals surface area contributed by atoms with Crippen molar-refractivity contribution < 1.29 is 18.0 Å². The van der Waals surface area contributed by atoms with Crippen molar-refractivity contribution >= 4 is 17.1 Å². The van der Waals surface area contributed by atoms with Crippen LogP contribution >= 0.6 is 11.3 Å². The normalized spacial score (nSPS) is 12.1. The second kappa shape index (κ2) is 4.28. The van der Waals surface area contributed by atoms with Gasteiger partial charge in [0.15, 0.2) is 10.8 Å². The largest absolute Gasteiger partial charge is 0.443 e. The number of thiazole rings is 1. The van der Waals surface area contributed by atoms with Crippen LogP contribution in [-0.4, -0.2) is 36.3 Å². The molecule has 0 bridgehead atoms. The highest BCUT2D eigenvalue weighted by molar-refractivity contribution is 7.13.